The van der Waals surface area contributed by atoms with E-state index in [0.29, 0.717) is 54.5 Å². The van der Waals surface area contributed by atoms with Crippen LogP contribution in [0, 0.1) is 0 Å². The van der Waals surface area contributed by atoms with Gasteiger partial charge in [0.2, 0.25) is 5.91 Å². The number of anilines is 1. The van der Waals surface area contributed by atoms with Crippen LogP contribution in [0.5, 0.6) is 0 Å². The maximum absolute atomic E-state index is 12.6. The lowest BCUT2D eigenvalue weighted by atomic mass is 10.0. The third kappa shape index (κ3) is 9.48. The number of hydrogen-bond donors (Lipinski definition) is 3. The Morgan fingerprint density at radius 1 is 0.800 bits per heavy atom. The van der Waals surface area contributed by atoms with Gasteiger partial charge < -0.3 is 29.4 Å². The van der Waals surface area contributed by atoms with Gasteiger partial charge in [0.15, 0.2) is 12.1 Å². The van der Waals surface area contributed by atoms with Crippen molar-refractivity contribution in [2.75, 3.05) is 11.1 Å². The second-order valence-corrected chi connectivity index (χ2v) is 13.1. The van der Waals surface area contributed by atoms with Gasteiger partial charge in [-0.3, -0.25) is 9.59 Å². The Bertz CT molecular complexity index is 1790. The van der Waals surface area contributed by atoms with Gasteiger partial charge in [0, 0.05) is 47.4 Å². The van der Waals surface area contributed by atoms with Gasteiger partial charge in [0.05, 0.1) is 18.8 Å². The molecular formula is C40H40N2O7S. The zero-order valence-corrected chi connectivity index (χ0v) is 28.4. The van der Waals surface area contributed by atoms with Crippen LogP contribution in [-0.4, -0.2) is 38.9 Å². The summed E-state index contributed by atoms with van der Waals surface area (Å²) < 4.78 is 19.5. The Kier molecular flexibility index (Phi) is 12.1. The minimum atomic E-state index is -0.823. The number of carbonyl (C=O) groups is 2. The average molecular weight is 693 g/mol. The predicted octanol–water partition coefficient (Wildman–Crippen LogP) is 8.81. The number of nitrogens with one attached hydrogen (secondary N) is 1. The van der Waals surface area contributed by atoms with E-state index in [-0.39, 0.29) is 31.1 Å². The summed E-state index contributed by atoms with van der Waals surface area (Å²) in [6.45, 7) is -0.0380. The largest absolute Gasteiger partial charge is 0.481 e. The van der Waals surface area contributed by atoms with Crippen LogP contribution in [0.3, 0.4) is 0 Å². The maximum atomic E-state index is 12.6. The molecule has 5 aromatic rings. The smallest absolute Gasteiger partial charge is 0.303 e. The first kappa shape index (κ1) is 35.1. The molecule has 1 aromatic heterocycles. The van der Waals surface area contributed by atoms with Crippen molar-refractivity contribution in [3.05, 3.63) is 126 Å². The number of unbranched alkanes of at least 4 members (excludes halogenated alkanes) is 2. The number of rotatable bonds is 15. The fourth-order valence-corrected chi connectivity index (χ4v) is 6.69. The predicted molar refractivity (Wildman–Crippen MR) is 192 cm³/mol. The lowest BCUT2D eigenvalue weighted by Gasteiger charge is -2.36. The molecule has 3 N–H and O–H groups in total. The molecule has 0 aliphatic carbocycles. The molecule has 4 aromatic carbocycles. The molecule has 9 nitrogen and oxygen atoms in total. The van der Waals surface area contributed by atoms with E-state index in [4.69, 9.17) is 24.0 Å². The second kappa shape index (κ2) is 17.3. The number of hydrogen-bond acceptors (Lipinski definition) is 8. The molecule has 0 radical (unpaired) electrons. The molecule has 1 fully saturated rings. The van der Waals surface area contributed by atoms with Gasteiger partial charge in [-0.15, -0.1) is 0 Å². The molecule has 1 saturated heterocycles. The van der Waals surface area contributed by atoms with Crippen molar-refractivity contribution in [1.29, 1.82) is 0 Å². The normalized spacial score (nSPS) is 17.3. The second-order valence-electron chi connectivity index (χ2n) is 12.2. The first-order chi connectivity index (χ1) is 24.4. The van der Waals surface area contributed by atoms with Crippen LogP contribution >= 0.6 is 11.8 Å². The number of ether oxygens (including phenoxy) is 2. The average Bonchev–Trinajstić information content (AvgIpc) is 3.59. The SMILES string of the molecule is O=C(O)CCCCCC(=O)Nc1cccc([C@H]2O[C@@H](CSc3nc(-c4ccccc4)c(-c4ccccc4)o3)C[C@@H](c3ccc(CO)cc3)O2)c1. The third-order valence-electron chi connectivity index (χ3n) is 8.44. The van der Waals surface area contributed by atoms with E-state index in [9.17, 15) is 14.7 Å². The Hall–Kier alpha value is -4.74. The summed E-state index contributed by atoms with van der Waals surface area (Å²) in [5.41, 5.74) is 5.91. The number of aliphatic carboxylic acids is 1. The van der Waals surface area contributed by atoms with Crippen molar-refractivity contribution in [3.63, 3.8) is 0 Å². The minimum Gasteiger partial charge on any atom is -0.481 e. The van der Waals surface area contributed by atoms with E-state index < -0.39 is 12.3 Å². The van der Waals surface area contributed by atoms with Gasteiger partial charge in [0.1, 0.15) is 5.69 Å². The summed E-state index contributed by atoms with van der Waals surface area (Å²) in [6, 6.07) is 35.2. The van der Waals surface area contributed by atoms with Gasteiger partial charge >= 0.3 is 5.97 Å². The molecule has 6 rings (SSSR count). The number of aromatic nitrogens is 1. The Labute approximate surface area is 295 Å². The highest BCUT2D eigenvalue weighted by Gasteiger charge is 2.33. The lowest BCUT2D eigenvalue weighted by Crippen LogP contribution is -2.31. The van der Waals surface area contributed by atoms with Crippen LogP contribution in [0.1, 0.15) is 67.6 Å². The number of benzene rings is 4. The molecule has 10 heteroatoms. The fraction of sp³-hybridized carbons (Fsp3) is 0.275. The lowest BCUT2D eigenvalue weighted by molar-refractivity contribution is -0.245. The number of aliphatic hydroxyl groups excluding tert-OH is 1. The van der Waals surface area contributed by atoms with E-state index in [1.54, 1.807) is 0 Å². The van der Waals surface area contributed by atoms with Crippen LogP contribution in [-0.2, 0) is 25.7 Å². The first-order valence-electron chi connectivity index (χ1n) is 16.8. The zero-order chi connectivity index (χ0) is 34.7. The van der Waals surface area contributed by atoms with Gasteiger partial charge in [-0.25, -0.2) is 4.98 Å². The molecule has 0 saturated carbocycles. The van der Waals surface area contributed by atoms with Crippen molar-refractivity contribution in [1.82, 2.24) is 4.98 Å². The number of amides is 1. The Morgan fingerprint density at radius 2 is 1.52 bits per heavy atom. The molecule has 50 heavy (non-hydrogen) atoms. The number of carboxylic acids is 1. The van der Waals surface area contributed by atoms with Gasteiger partial charge in [-0.2, -0.15) is 0 Å². The molecule has 0 spiro atoms. The van der Waals surface area contributed by atoms with Gasteiger partial charge in [-0.05, 0) is 36.1 Å². The van der Waals surface area contributed by atoms with Crippen LogP contribution in [0.25, 0.3) is 22.6 Å². The van der Waals surface area contributed by atoms with E-state index in [1.165, 1.54) is 11.8 Å². The van der Waals surface area contributed by atoms with E-state index in [1.807, 2.05) is 109 Å². The standard InChI is InChI=1S/C40H40N2O7S/c43-25-27-19-21-28(22-20-27)34-24-33(26-50-40-42-37(29-11-4-1-5-12-29)38(49-40)30-13-6-2-7-14-30)47-39(48-34)31-15-10-16-32(23-31)41-35(44)17-8-3-9-18-36(45)46/h1-2,4-7,10-16,19-23,33-34,39,43H,3,8-9,17-18,24-26H2,(H,41,44)(H,45,46)/t33-,34+,39+/m1/s1. The van der Waals surface area contributed by atoms with E-state index in [0.717, 1.165) is 33.5 Å². The molecule has 258 valence electrons. The molecule has 1 amide bonds. The molecule has 2 heterocycles. The maximum Gasteiger partial charge on any atom is 0.303 e. The zero-order valence-electron chi connectivity index (χ0n) is 27.6. The number of nitrogens with zero attached hydrogens (tertiary/aromatic N) is 1. The highest BCUT2D eigenvalue weighted by molar-refractivity contribution is 7.99. The van der Waals surface area contributed by atoms with Crippen LogP contribution < -0.4 is 5.32 Å². The number of oxazole rings is 1. The molecule has 0 unspecified atom stereocenters. The van der Waals surface area contributed by atoms with Crippen LogP contribution in [0.4, 0.5) is 5.69 Å². The van der Waals surface area contributed by atoms with Crippen LogP contribution in [0.2, 0.25) is 0 Å². The number of carbonyl (C=O) groups excluding carboxylic acids is 1. The minimum absolute atomic E-state index is 0.0380. The topological polar surface area (TPSA) is 131 Å². The monoisotopic (exact) mass is 692 g/mol. The van der Waals surface area contributed by atoms with E-state index >= 15 is 0 Å². The summed E-state index contributed by atoms with van der Waals surface area (Å²) in [6.07, 6.45) is 1.66. The van der Waals surface area contributed by atoms with Crippen molar-refractivity contribution < 1.29 is 33.7 Å². The number of carboxylic acid groups (broad SMARTS) is 1. The van der Waals surface area contributed by atoms with Gasteiger partial charge in [0.25, 0.3) is 5.22 Å². The van der Waals surface area contributed by atoms with Crippen LogP contribution in [0.15, 0.2) is 119 Å². The fourth-order valence-electron chi connectivity index (χ4n) is 5.85. The highest BCUT2D eigenvalue weighted by atomic mass is 32.2. The van der Waals surface area contributed by atoms with E-state index in [2.05, 4.69) is 5.32 Å². The van der Waals surface area contributed by atoms with Crippen molar-refractivity contribution in [2.45, 2.75) is 68.9 Å². The summed E-state index contributed by atoms with van der Waals surface area (Å²) in [7, 11) is 0. The number of thioether (sulfide) groups is 1. The Morgan fingerprint density at radius 3 is 2.24 bits per heavy atom. The summed E-state index contributed by atoms with van der Waals surface area (Å²) >= 11 is 1.49. The highest BCUT2D eigenvalue weighted by Crippen LogP contribution is 2.41. The Balaban J connectivity index is 1.18. The summed E-state index contributed by atoms with van der Waals surface area (Å²) in [5.74, 6) is 0.323. The number of aliphatic hydroxyl groups is 1. The first-order valence-corrected chi connectivity index (χ1v) is 17.8. The third-order valence-corrected chi connectivity index (χ3v) is 9.40. The van der Waals surface area contributed by atoms with Crippen molar-refractivity contribution in [2.24, 2.45) is 0 Å². The molecular weight excluding hydrogens is 653 g/mol. The van der Waals surface area contributed by atoms with Crippen molar-refractivity contribution >= 4 is 29.3 Å². The summed E-state index contributed by atoms with van der Waals surface area (Å²) in [4.78, 5) is 28.3. The molecule has 1 aliphatic heterocycles. The molecule has 1 aliphatic rings. The van der Waals surface area contributed by atoms with Gasteiger partial charge in [-0.1, -0.05) is 115 Å². The molecule has 3 atom stereocenters. The van der Waals surface area contributed by atoms with Crippen molar-refractivity contribution in [3.8, 4) is 22.6 Å². The summed E-state index contributed by atoms with van der Waals surface area (Å²) in [5, 5.41) is 21.9. The quantitative estimate of drug-likeness (QED) is 0.0728. The molecule has 0 bridgehead atoms.